The smallest absolute Gasteiger partial charge is 0.266 e. The lowest BCUT2D eigenvalue weighted by Gasteiger charge is -2.11. The molecule has 3 aromatic carbocycles. The van der Waals surface area contributed by atoms with E-state index in [9.17, 15) is 4.79 Å². The maximum absolute atomic E-state index is 13.2. The Hall–Kier alpha value is -4.17. The van der Waals surface area contributed by atoms with Gasteiger partial charge in [0.2, 0.25) is 0 Å². The third-order valence-corrected chi connectivity index (χ3v) is 4.62. The van der Waals surface area contributed by atoms with Crippen LogP contribution in [0.1, 0.15) is 18.3 Å². The van der Waals surface area contributed by atoms with E-state index in [1.165, 1.54) is 0 Å². The van der Waals surface area contributed by atoms with E-state index < -0.39 is 6.10 Å². The van der Waals surface area contributed by atoms with Gasteiger partial charge < -0.3 is 4.74 Å². The quantitative estimate of drug-likeness (QED) is 0.486. The minimum absolute atomic E-state index is 0.110. The van der Waals surface area contributed by atoms with Crippen molar-refractivity contribution in [3.05, 3.63) is 101 Å². The zero-order chi connectivity index (χ0) is 20.9. The van der Waals surface area contributed by atoms with Crippen LogP contribution in [0.2, 0.25) is 0 Å². The summed E-state index contributed by atoms with van der Waals surface area (Å²) in [6.07, 6.45) is 3.22. The third kappa shape index (κ3) is 3.98. The summed E-state index contributed by atoms with van der Waals surface area (Å²) in [5.74, 6) is 1.18. The van der Waals surface area contributed by atoms with Crippen molar-refractivity contribution >= 4 is 23.1 Å². The first kappa shape index (κ1) is 19.2. The standard InChI is InChI=1S/C25H19N3O2/c1-18(17-26)30-21-14-11-19(12-15-21)13-16-24-27-23-10-6-5-9-22(23)25(29)28(24)20-7-3-2-4-8-20/h2-16,18H,1H3/b16-13+. The van der Waals surface area contributed by atoms with Crippen LogP contribution in [0.25, 0.3) is 28.7 Å². The van der Waals surface area contributed by atoms with Crippen LogP contribution in [0.5, 0.6) is 5.75 Å². The highest BCUT2D eigenvalue weighted by atomic mass is 16.5. The van der Waals surface area contributed by atoms with Crippen molar-refractivity contribution in [2.24, 2.45) is 0 Å². The number of ether oxygens (including phenoxy) is 1. The summed E-state index contributed by atoms with van der Waals surface area (Å²) in [6.45, 7) is 1.70. The lowest BCUT2D eigenvalue weighted by atomic mass is 10.2. The van der Waals surface area contributed by atoms with Crippen molar-refractivity contribution < 1.29 is 4.74 Å². The predicted molar refractivity (Wildman–Crippen MR) is 118 cm³/mol. The number of rotatable bonds is 5. The Kier molecular flexibility index (Phi) is 5.40. The summed E-state index contributed by atoms with van der Waals surface area (Å²) < 4.78 is 7.10. The van der Waals surface area contributed by atoms with Gasteiger partial charge in [0, 0.05) is 0 Å². The average Bonchev–Trinajstić information content (AvgIpc) is 2.79. The summed E-state index contributed by atoms with van der Waals surface area (Å²) in [4.78, 5) is 17.9. The van der Waals surface area contributed by atoms with Crippen molar-refractivity contribution in [1.29, 1.82) is 5.26 Å². The number of aromatic nitrogens is 2. The first-order valence-electron chi connectivity index (χ1n) is 9.57. The number of nitrogens with zero attached hydrogens (tertiary/aromatic N) is 3. The highest BCUT2D eigenvalue weighted by Gasteiger charge is 2.10. The maximum atomic E-state index is 13.2. The molecular weight excluding hydrogens is 374 g/mol. The molecule has 1 unspecified atom stereocenters. The Labute approximate surface area is 174 Å². The van der Waals surface area contributed by atoms with Crippen molar-refractivity contribution in [3.8, 4) is 17.5 Å². The molecule has 0 bridgehead atoms. The highest BCUT2D eigenvalue weighted by Crippen LogP contribution is 2.17. The summed E-state index contributed by atoms with van der Waals surface area (Å²) in [6, 6.07) is 26.3. The summed E-state index contributed by atoms with van der Waals surface area (Å²) in [5, 5.41) is 9.43. The van der Waals surface area contributed by atoms with Crippen LogP contribution in [-0.4, -0.2) is 15.7 Å². The first-order valence-corrected chi connectivity index (χ1v) is 9.57. The molecule has 0 saturated carbocycles. The van der Waals surface area contributed by atoms with E-state index in [-0.39, 0.29) is 5.56 Å². The molecule has 4 aromatic rings. The van der Waals surface area contributed by atoms with Gasteiger partial charge in [-0.25, -0.2) is 4.98 Å². The predicted octanol–water partition coefficient (Wildman–Crippen LogP) is 4.85. The molecule has 0 aliphatic rings. The fourth-order valence-corrected chi connectivity index (χ4v) is 3.15. The molecule has 5 nitrogen and oxygen atoms in total. The van der Waals surface area contributed by atoms with E-state index in [4.69, 9.17) is 15.0 Å². The highest BCUT2D eigenvalue weighted by molar-refractivity contribution is 5.80. The molecule has 0 aliphatic heterocycles. The normalized spacial score (nSPS) is 12.0. The molecule has 5 heteroatoms. The monoisotopic (exact) mass is 393 g/mol. The van der Waals surface area contributed by atoms with E-state index in [1.54, 1.807) is 17.6 Å². The van der Waals surface area contributed by atoms with Crippen molar-refractivity contribution in [2.45, 2.75) is 13.0 Å². The van der Waals surface area contributed by atoms with Gasteiger partial charge in [-0.2, -0.15) is 5.26 Å². The SMILES string of the molecule is CC(C#N)Oc1ccc(/C=C/c2nc3ccccc3c(=O)n2-c2ccccc2)cc1. The Balaban J connectivity index is 1.75. The van der Waals surface area contributed by atoms with Gasteiger partial charge >= 0.3 is 0 Å². The molecule has 1 heterocycles. The van der Waals surface area contributed by atoms with Gasteiger partial charge in [-0.15, -0.1) is 0 Å². The largest absolute Gasteiger partial charge is 0.476 e. The van der Waals surface area contributed by atoms with Crippen LogP contribution in [0, 0.1) is 11.3 Å². The van der Waals surface area contributed by atoms with Crippen LogP contribution >= 0.6 is 0 Å². The third-order valence-electron chi connectivity index (χ3n) is 4.62. The molecule has 0 saturated heterocycles. The van der Waals surface area contributed by atoms with Crippen LogP contribution in [0.4, 0.5) is 0 Å². The number of hydrogen-bond donors (Lipinski definition) is 0. The van der Waals surface area contributed by atoms with Crippen LogP contribution in [0.15, 0.2) is 83.7 Å². The van der Waals surface area contributed by atoms with E-state index in [0.29, 0.717) is 22.5 Å². The number of benzene rings is 3. The van der Waals surface area contributed by atoms with Gasteiger partial charge in [0.05, 0.1) is 16.6 Å². The Morgan fingerprint density at radius 1 is 0.967 bits per heavy atom. The van der Waals surface area contributed by atoms with Crippen molar-refractivity contribution in [1.82, 2.24) is 9.55 Å². The van der Waals surface area contributed by atoms with E-state index in [0.717, 1.165) is 11.3 Å². The Morgan fingerprint density at radius 2 is 1.67 bits per heavy atom. The molecule has 1 aromatic heterocycles. The number of para-hydroxylation sites is 2. The molecule has 0 aliphatic carbocycles. The fourth-order valence-electron chi connectivity index (χ4n) is 3.15. The molecule has 30 heavy (non-hydrogen) atoms. The van der Waals surface area contributed by atoms with E-state index in [1.807, 2.05) is 91.0 Å². The molecule has 0 fully saturated rings. The molecule has 0 amide bonds. The van der Waals surface area contributed by atoms with Gasteiger partial charge in [0.1, 0.15) is 17.6 Å². The van der Waals surface area contributed by atoms with Crippen molar-refractivity contribution in [2.75, 3.05) is 0 Å². The number of fused-ring (bicyclic) bond motifs is 1. The van der Waals surface area contributed by atoms with Gasteiger partial charge in [0.15, 0.2) is 6.10 Å². The zero-order valence-corrected chi connectivity index (χ0v) is 16.4. The second-order valence-electron chi connectivity index (χ2n) is 6.75. The second kappa shape index (κ2) is 8.46. The molecule has 0 N–H and O–H groups in total. The van der Waals surface area contributed by atoms with Crippen LogP contribution < -0.4 is 10.3 Å². The van der Waals surface area contributed by atoms with Gasteiger partial charge in [-0.1, -0.05) is 48.5 Å². The second-order valence-corrected chi connectivity index (χ2v) is 6.75. The minimum Gasteiger partial charge on any atom is -0.476 e. The molecule has 1 atom stereocenters. The number of nitriles is 1. The van der Waals surface area contributed by atoms with Crippen molar-refractivity contribution in [3.63, 3.8) is 0 Å². The minimum atomic E-state index is -0.506. The lowest BCUT2D eigenvalue weighted by molar-refractivity contribution is 0.276. The molecule has 0 radical (unpaired) electrons. The summed E-state index contributed by atoms with van der Waals surface area (Å²) in [7, 11) is 0. The Morgan fingerprint density at radius 3 is 2.40 bits per heavy atom. The average molecular weight is 393 g/mol. The molecule has 146 valence electrons. The lowest BCUT2D eigenvalue weighted by Crippen LogP contribution is -2.22. The van der Waals surface area contributed by atoms with E-state index in [2.05, 4.69) is 0 Å². The Bertz CT molecular complexity index is 1300. The first-order chi connectivity index (χ1) is 14.7. The van der Waals surface area contributed by atoms with Crippen LogP contribution in [0.3, 0.4) is 0 Å². The summed E-state index contributed by atoms with van der Waals surface area (Å²) in [5.41, 5.74) is 2.23. The molecular formula is C25H19N3O2. The fraction of sp³-hybridized carbons (Fsp3) is 0.0800. The summed E-state index contributed by atoms with van der Waals surface area (Å²) >= 11 is 0. The van der Waals surface area contributed by atoms with Crippen LogP contribution in [-0.2, 0) is 0 Å². The zero-order valence-electron chi connectivity index (χ0n) is 16.4. The van der Waals surface area contributed by atoms with E-state index >= 15 is 0 Å². The molecule has 0 spiro atoms. The number of hydrogen-bond acceptors (Lipinski definition) is 4. The van der Waals surface area contributed by atoms with Gasteiger partial charge in [-0.05, 0) is 55.0 Å². The molecule has 4 rings (SSSR count). The maximum Gasteiger partial charge on any atom is 0.266 e. The van der Waals surface area contributed by atoms with Gasteiger partial charge in [-0.3, -0.25) is 9.36 Å². The van der Waals surface area contributed by atoms with Gasteiger partial charge in [0.25, 0.3) is 5.56 Å². The topological polar surface area (TPSA) is 67.9 Å².